The van der Waals surface area contributed by atoms with Gasteiger partial charge in [-0.1, -0.05) is 27.7 Å². The van der Waals surface area contributed by atoms with E-state index in [4.69, 9.17) is 9.47 Å². The molecule has 0 aromatic rings. The third kappa shape index (κ3) is 2.68. The smallest absolute Gasteiger partial charge is 0.171 e. The quantitative estimate of drug-likeness (QED) is 0.589. The maximum atomic E-state index is 14.0. The first-order chi connectivity index (χ1) is 14.7. The Bertz CT molecular complexity index is 756. The molecule has 6 fully saturated rings. The highest BCUT2D eigenvalue weighted by Crippen LogP contribution is 2.70. The van der Waals surface area contributed by atoms with Crippen molar-refractivity contribution in [3.63, 3.8) is 0 Å². The molecule has 1 N–H and O–H groups in total. The summed E-state index contributed by atoms with van der Waals surface area (Å²) < 4.78 is 13.2. The average molecular weight is 431 g/mol. The maximum absolute atomic E-state index is 14.0. The zero-order chi connectivity index (χ0) is 21.8. The van der Waals surface area contributed by atoms with E-state index in [1.54, 1.807) is 0 Å². The minimum absolute atomic E-state index is 0.131. The molecule has 2 aliphatic heterocycles. The second-order valence-corrected chi connectivity index (χ2v) is 13.0. The van der Waals surface area contributed by atoms with Crippen LogP contribution >= 0.6 is 0 Å². The highest BCUT2D eigenvalue weighted by molar-refractivity contribution is 5.87. The minimum Gasteiger partial charge on any atom is -0.393 e. The number of fused-ring (bicyclic) bond motifs is 7. The van der Waals surface area contributed by atoms with Crippen molar-refractivity contribution in [1.82, 2.24) is 0 Å². The molecule has 174 valence electrons. The van der Waals surface area contributed by atoms with Crippen molar-refractivity contribution < 1.29 is 19.4 Å². The number of hydrogen-bond donors (Lipinski definition) is 1. The van der Waals surface area contributed by atoms with Crippen LogP contribution in [0.25, 0.3) is 0 Å². The molecule has 6 rings (SSSR count). The van der Waals surface area contributed by atoms with Crippen LogP contribution in [0.2, 0.25) is 0 Å². The van der Waals surface area contributed by atoms with Crippen molar-refractivity contribution in [3.8, 4) is 0 Å². The number of carbonyl (C=O) groups excluding carboxylic acids is 1. The molecule has 6 aliphatic rings. The van der Waals surface area contributed by atoms with Gasteiger partial charge in [0.15, 0.2) is 5.79 Å². The van der Waals surface area contributed by atoms with Gasteiger partial charge in [0.2, 0.25) is 0 Å². The normalized spacial score (nSPS) is 60.9. The van der Waals surface area contributed by atoms with E-state index in [9.17, 15) is 9.90 Å². The number of carbonyl (C=O) groups is 1. The Labute approximate surface area is 187 Å². The lowest BCUT2D eigenvalue weighted by atomic mass is 9.44. The Morgan fingerprint density at radius 1 is 1.00 bits per heavy atom. The monoisotopic (exact) mass is 430 g/mol. The maximum Gasteiger partial charge on any atom is 0.171 e. The van der Waals surface area contributed by atoms with Crippen molar-refractivity contribution in [2.24, 2.45) is 52.3 Å². The molecule has 0 bridgehead atoms. The zero-order valence-electron chi connectivity index (χ0n) is 19.9. The van der Waals surface area contributed by atoms with Gasteiger partial charge in [0.1, 0.15) is 5.78 Å². The summed E-state index contributed by atoms with van der Waals surface area (Å²) in [7, 11) is 0. The van der Waals surface area contributed by atoms with Crippen LogP contribution in [0.3, 0.4) is 0 Å². The largest absolute Gasteiger partial charge is 0.393 e. The lowest BCUT2D eigenvalue weighted by Gasteiger charge is -2.60. The standard InChI is InChI=1S/C27H42O4/c1-15-7-10-27(30-14-15)16(2)24-22(31-27)12-21-19-6-5-17-11-18(28)8-9-25(17,3)20(19)13-23(29)26(21,24)4/h15-22,24,28H,5-14H2,1-4H3/t15-,16-,17+,18+,19-,20+,21+,22+,24+,25+,26-,27-/m1/s1. The first-order valence-corrected chi connectivity index (χ1v) is 13.2. The van der Waals surface area contributed by atoms with Crippen molar-refractivity contribution >= 4 is 5.78 Å². The number of rotatable bonds is 0. The van der Waals surface area contributed by atoms with Gasteiger partial charge in [0.05, 0.1) is 18.8 Å². The molecule has 1 spiro atoms. The van der Waals surface area contributed by atoms with Crippen molar-refractivity contribution in [2.45, 2.75) is 103 Å². The summed E-state index contributed by atoms with van der Waals surface area (Å²) in [6.07, 6.45) is 9.39. The van der Waals surface area contributed by atoms with Gasteiger partial charge in [-0.15, -0.1) is 0 Å². The van der Waals surface area contributed by atoms with Crippen LogP contribution in [0.5, 0.6) is 0 Å². The Balaban J connectivity index is 1.30. The van der Waals surface area contributed by atoms with E-state index in [-0.39, 0.29) is 29.0 Å². The number of ether oxygens (including phenoxy) is 2. The molecule has 4 nitrogen and oxygen atoms in total. The molecule has 0 radical (unpaired) electrons. The van der Waals surface area contributed by atoms with Crippen LogP contribution in [-0.2, 0) is 14.3 Å². The SMILES string of the molecule is C[C@@H]1CC[C@@]2(OC1)O[C@H]1C[C@H]3[C@@H]4CC[C@H]5C[C@@H](O)CC[C@]5(C)[C@H]4CC(=O)[C@]3(C)[C@H]1[C@H]2C. The first-order valence-electron chi connectivity index (χ1n) is 13.2. The predicted octanol–water partition coefficient (Wildman–Crippen LogP) is 4.97. The van der Waals surface area contributed by atoms with Crippen LogP contribution in [0.15, 0.2) is 0 Å². The molecule has 0 aromatic heterocycles. The van der Waals surface area contributed by atoms with E-state index >= 15 is 0 Å². The second kappa shape index (κ2) is 6.79. The predicted molar refractivity (Wildman–Crippen MR) is 118 cm³/mol. The van der Waals surface area contributed by atoms with E-state index < -0.39 is 5.79 Å². The van der Waals surface area contributed by atoms with E-state index in [1.807, 2.05) is 0 Å². The third-order valence-electron chi connectivity index (χ3n) is 11.8. The number of aliphatic hydroxyl groups excluding tert-OH is 1. The van der Waals surface area contributed by atoms with Crippen LogP contribution in [-0.4, -0.2) is 35.5 Å². The van der Waals surface area contributed by atoms with E-state index in [0.717, 1.165) is 51.6 Å². The molecule has 0 amide bonds. The Hall–Kier alpha value is -0.450. The summed E-state index contributed by atoms with van der Waals surface area (Å²) in [4.78, 5) is 14.0. The summed E-state index contributed by atoms with van der Waals surface area (Å²) in [5.74, 6) is 3.45. The molecule has 4 saturated carbocycles. The topological polar surface area (TPSA) is 55.8 Å². The van der Waals surface area contributed by atoms with Crippen LogP contribution in [0, 0.1) is 52.3 Å². The first kappa shape index (κ1) is 21.1. The fraction of sp³-hybridized carbons (Fsp3) is 0.963. The van der Waals surface area contributed by atoms with Gasteiger partial charge in [0, 0.05) is 30.1 Å². The molecule has 31 heavy (non-hydrogen) atoms. The molecular weight excluding hydrogens is 388 g/mol. The summed E-state index contributed by atoms with van der Waals surface area (Å²) in [6.45, 7) is 10.1. The molecular formula is C27H42O4. The molecule has 2 heterocycles. The Kier molecular flexibility index (Phi) is 4.62. The Morgan fingerprint density at radius 3 is 2.55 bits per heavy atom. The molecule has 4 aliphatic carbocycles. The van der Waals surface area contributed by atoms with Crippen LogP contribution in [0.1, 0.15) is 85.5 Å². The van der Waals surface area contributed by atoms with Gasteiger partial charge >= 0.3 is 0 Å². The zero-order valence-corrected chi connectivity index (χ0v) is 19.9. The van der Waals surface area contributed by atoms with Gasteiger partial charge < -0.3 is 14.6 Å². The molecule has 4 heteroatoms. The van der Waals surface area contributed by atoms with Gasteiger partial charge in [0.25, 0.3) is 0 Å². The van der Waals surface area contributed by atoms with Crippen LogP contribution < -0.4 is 0 Å². The lowest BCUT2D eigenvalue weighted by Crippen LogP contribution is -2.58. The van der Waals surface area contributed by atoms with Crippen molar-refractivity contribution in [1.29, 1.82) is 0 Å². The average Bonchev–Trinajstić information content (AvgIpc) is 3.18. The minimum atomic E-state index is -0.448. The number of hydrogen-bond acceptors (Lipinski definition) is 4. The molecule has 12 atom stereocenters. The summed E-state index contributed by atoms with van der Waals surface area (Å²) in [5.41, 5.74) is -0.0221. The molecule has 0 unspecified atom stereocenters. The van der Waals surface area contributed by atoms with E-state index in [1.165, 1.54) is 12.8 Å². The third-order valence-corrected chi connectivity index (χ3v) is 11.8. The molecule has 2 saturated heterocycles. The van der Waals surface area contributed by atoms with Crippen molar-refractivity contribution in [2.75, 3.05) is 6.61 Å². The fourth-order valence-corrected chi connectivity index (χ4v) is 9.93. The summed E-state index contributed by atoms with van der Waals surface area (Å²) >= 11 is 0. The summed E-state index contributed by atoms with van der Waals surface area (Å²) in [6, 6.07) is 0. The second-order valence-electron chi connectivity index (χ2n) is 13.0. The van der Waals surface area contributed by atoms with Crippen molar-refractivity contribution in [3.05, 3.63) is 0 Å². The van der Waals surface area contributed by atoms with Gasteiger partial charge in [-0.05, 0) is 80.0 Å². The summed E-state index contributed by atoms with van der Waals surface area (Å²) in [5, 5.41) is 10.3. The van der Waals surface area contributed by atoms with Gasteiger partial charge in [-0.2, -0.15) is 0 Å². The lowest BCUT2D eigenvalue weighted by molar-refractivity contribution is -0.272. The Morgan fingerprint density at radius 2 is 1.81 bits per heavy atom. The van der Waals surface area contributed by atoms with Crippen LogP contribution in [0.4, 0.5) is 0 Å². The number of Topliss-reactive ketones (excluding diaryl/α,β-unsaturated/α-hetero) is 1. The molecule has 0 aromatic carbocycles. The van der Waals surface area contributed by atoms with E-state index in [2.05, 4.69) is 27.7 Å². The number of aliphatic hydroxyl groups is 1. The van der Waals surface area contributed by atoms with E-state index in [0.29, 0.717) is 41.3 Å². The van der Waals surface area contributed by atoms with Gasteiger partial charge in [-0.25, -0.2) is 0 Å². The number of ketones is 1. The highest BCUT2D eigenvalue weighted by Gasteiger charge is 2.71. The van der Waals surface area contributed by atoms with Gasteiger partial charge in [-0.3, -0.25) is 4.79 Å². The highest BCUT2D eigenvalue weighted by atomic mass is 16.7. The fourth-order valence-electron chi connectivity index (χ4n) is 9.93.